The minimum Gasteiger partial charge on any atom is -0.496 e. The molecule has 0 spiro atoms. The van der Waals surface area contributed by atoms with Gasteiger partial charge >= 0.3 is 0 Å². The van der Waals surface area contributed by atoms with Gasteiger partial charge in [0.15, 0.2) is 0 Å². The van der Waals surface area contributed by atoms with Crippen LogP contribution in [0.1, 0.15) is 43.9 Å². The SMILES string of the molecule is CCCNC(CSC(C)CCO)c1cc(C)ccc1OC. The van der Waals surface area contributed by atoms with E-state index in [1.807, 2.05) is 17.8 Å². The van der Waals surface area contributed by atoms with Gasteiger partial charge in [0, 0.05) is 29.2 Å². The molecule has 0 aromatic heterocycles. The van der Waals surface area contributed by atoms with Crippen LogP contribution in [0.15, 0.2) is 18.2 Å². The Kier molecular flexibility index (Phi) is 8.81. The molecule has 2 N–H and O–H groups in total. The van der Waals surface area contributed by atoms with Crippen LogP contribution in [-0.2, 0) is 0 Å². The number of nitrogens with one attached hydrogen (secondary N) is 1. The van der Waals surface area contributed by atoms with E-state index in [0.29, 0.717) is 5.25 Å². The highest BCUT2D eigenvalue weighted by Crippen LogP contribution is 2.30. The van der Waals surface area contributed by atoms with Crippen molar-refractivity contribution < 1.29 is 9.84 Å². The van der Waals surface area contributed by atoms with E-state index in [-0.39, 0.29) is 12.6 Å². The third-order valence-corrected chi connectivity index (χ3v) is 4.81. The van der Waals surface area contributed by atoms with Crippen molar-refractivity contribution in [3.63, 3.8) is 0 Å². The van der Waals surface area contributed by atoms with Crippen molar-refractivity contribution in [2.24, 2.45) is 0 Å². The molecule has 0 aliphatic carbocycles. The molecule has 120 valence electrons. The molecule has 3 nitrogen and oxygen atoms in total. The first-order valence-electron chi connectivity index (χ1n) is 7.72. The van der Waals surface area contributed by atoms with Crippen LogP contribution >= 0.6 is 11.8 Å². The van der Waals surface area contributed by atoms with E-state index >= 15 is 0 Å². The molecule has 0 bridgehead atoms. The number of rotatable bonds is 10. The number of ether oxygens (including phenoxy) is 1. The van der Waals surface area contributed by atoms with Gasteiger partial charge in [0.1, 0.15) is 5.75 Å². The number of thioether (sulfide) groups is 1. The summed E-state index contributed by atoms with van der Waals surface area (Å²) in [6.45, 7) is 7.72. The maximum atomic E-state index is 9.03. The van der Waals surface area contributed by atoms with Crippen LogP contribution in [-0.4, -0.2) is 36.4 Å². The Morgan fingerprint density at radius 1 is 1.38 bits per heavy atom. The lowest BCUT2D eigenvalue weighted by Gasteiger charge is -2.23. The van der Waals surface area contributed by atoms with Crippen molar-refractivity contribution in [3.8, 4) is 5.75 Å². The fraction of sp³-hybridized carbons (Fsp3) is 0.647. The summed E-state index contributed by atoms with van der Waals surface area (Å²) in [7, 11) is 1.73. The minimum absolute atomic E-state index is 0.259. The van der Waals surface area contributed by atoms with Crippen LogP contribution in [0.4, 0.5) is 0 Å². The summed E-state index contributed by atoms with van der Waals surface area (Å²) in [4.78, 5) is 0. The highest BCUT2D eigenvalue weighted by Gasteiger charge is 2.17. The van der Waals surface area contributed by atoms with Crippen LogP contribution in [0, 0.1) is 6.92 Å². The number of aliphatic hydroxyl groups excluding tert-OH is 1. The Balaban J connectivity index is 2.83. The van der Waals surface area contributed by atoms with E-state index in [2.05, 4.69) is 38.2 Å². The molecule has 0 radical (unpaired) electrons. The smallest absolute Gasteiger partial charge is 0.123 e. The van der Waals surface area contributed by atoms with Crippen molar-refractivity contribution in [1.29, 1.82) is 0 Å². The summed E-state index contributed by atoms with van der Waals surface area (Å²) in [5, 5.41) is 13.1. The first kappa shape index (κ1) is 18.3. The Morgan fingerprint density at radius 2 is 2.14 bits per heavy atom. The molecule has 0 aliphatic rings. The zero-order valence-electron chi connectivity index (χ0n) is 13.7. The summed E-state index contributed by atoms with van der Waals surface area (Å²) in [6.07, 6.45) is 1.96. The molecule has 0 heterocycles. The van der Waals surface area contributed by atoms with Crippen LogP contribution in [0.2, 0.25) is 0 Å². The molecule has 0 aliphatic heterocycles. The molecule has 1 aromatic rings. The molecular formula is C17H29NO2S. The molecule has 0 saturated carbocycles. The topological polar surface area (TPSA) is 41.5 Å². The third kappa shape index (κ3) is 6.29. The average Bonchev–Trinajstić information content (AvgIpc) is 2.47. The van der Waals surface area contributed by atoms with Crippen molar-refractivity contribution >= 4 is 11.8 Å². The number of hydrogen-bond acceptors (Lipinski definition) is 4. The van der Waals surface area contributed by atoms with E-state index < -0.39 is 0 Å². The number of hydrogen-bond donors (Lipinski definition) is 2. The van der Waals surface area contributed by atoms with Crippen molar-refractivity contribution in [2.75, 3.05) is 26.0 Å². The second kappa shape index (κ2) is 10.1. The third-order valence-electron chi connectivity index (χ3n) is 3.48. The summed E-state index contributed by atoms with van der Waals surface area (Å²) in [6, 6.07) is 6.63. The first-order valence-corrected chi connectivity index (χ1v) is 8.77. The summed E-state index contributed by atoms with van der Waals surface area (Å²) in [5.74, 6) is 1.94. The van der Waals surface area contributed by atoms with Gasteiger partial charge in [-0.1, -0.05) is 31.5 Å². The number of aliphatic hydroxyl groups is 1. The maximum absolute atomic E-state index is 9.03. The standard InChI is InChI=1S/C17H29NO2S/c1-5-9-18-16(12-21-14(3)8-10-19)15-11-13(2)6-7-17(15)20-4/h6-7,11,14,16,18-19H,5,8-10,12H2,1-4H3. The van der Waals surface area contributed by atoms with Crippen LogP contribution in [0.25, 0.3) is 0 Å². The molecule has 1 aromatic carbocycles. The lowest BCUT2D eigenvalue weighted by atomic mass is 10.0. The summed E-state index contributed by atoms with van der Waals surface area (Å²) >= 11 is 1.90. The van der Waals surface area contributed by atoms with Gasteiger partial charge < -0.3 is 15.2 Å². The predicted molar refractivity (Wildman–Crippen MR) is 92.4 cm³/mol. The molecule has 0 saturated heterocycles. The molecule has 2 atom stereocenters. The van der Waals surface area contributed by atoms with Gasteiger partial charge in [-0.2, -0.15) is 11.8 Å². The Hall–Kier alpha value is -0.710. The summed E-state index contributed by atoms with van der Waals surface area (Å²) < 4.78 is 5.53. The molecule has 2 unspecified atom stereocenters. The fourth-order valence-electron chi connectivity index (χ4n) is 2.23. The Labute approximate surface area is 133 Å². The van der Waals surface area contributed by atoms with Crippen molar-refractivity contribution in [3.05, 3.63) is 29.3 Å². The quantitative estimate of drug-likeness (QED) is 0.693. The number of aryl methyl sites for hydroxylation is 1. The van der Waals surface area contributed by atoms with Crippen LogP contribution < -0.4 is 10.1 Å². The lowest BCUT2D eigenvalue weighted by molar-refractivity contribution is 0.289. The highest BCUT2D eigenvalue weighted by atomic mass is 32.2. The molecular weight excluding hydrogens is 282 g/mol. The second-order valence-corrected chi connectivity index (χ2v) is 6.88. The fourth-order valence-corrected chi connectivity index (χ4v) is 3.32. The van der Waals surface area contributed by atoms with Crippen LogP contribution in [0.3, 0.4) is 0 Å². The van der Waals surface area contributed by atoms with Gasteiger partial charge in [0.25, 0.3) is 0 Å². The maximum Gasteiger partial charge on any atom is 0.123 e. The van der Waals surface area contributed by atoms with Gasteiger partial charge in [-0.25, -0.2) is 0 Å². The monoisotopic (exact) mass is 311 g/mol. The Bertz CT molecular complexity index is 412. The van der Waals surface area contributed by atoms with Gasteiger partial charge in [0.05, 0.1) is 7.11 Å². The van der Waals surface area contributed by atoms with Gasteiger partial charge in [-0.3, -0.25) is 0 Å². The van der Waals surface area contributed by atoms with Gasteiger partial charge in [0.2, 0.25) is 0 Å². The number of benzene rings is 1. The minimum atomic E-state index is 0.259. The average molecular weight is 311 g/mol. The molecule has 21 heavy (non-hydrogen) atoms. The van der Waals surface area contributed by atoms with E-state index in [1.54, 1.807) is 7.11 Å². The molecule has 0 amide bonds. The van der Waals surface area contributed by atoms with E-state index in [1.165, 1.54) is 11.1 Å². The zero-order valence-corrected chi connectivity index (χ0v) is 14.5. The van der Waals surface area contributed by atoms with Crippen molar-refractivity contribution in [1.82, 2.24) is 5.32 Å². The first-order chi connectivity index (χ1) is 10.1. The van der Waals surface area contributed by atoms with E-state index in [9.17, 15) is 0 Å². The molecule has 1 rings (SSSR count). The van der Waals surface area contributed by atoms with E-state index in [4.69, 9.17) is 9.84 Å². The normalized spacial score (nSPS) is 14.0. The largest absolute Gasteiger partial charge is 0.496 e. The summed E-state index contributed by atoms with van der Waals surface area (Å²) in [5.41, 5.74) is 2.48. The molecule has 0 fully saturated rings. The zero-order chi connectivity index (χ0) is 15.7. The lowest BCUT2D eigenvalue weighted by Crippen LogP contribution is -2.25. The second-order valence-electron chi connectivity index (χ2n) is 5.41. The molecule has 4 heteroatoms. The van der Waals surface area contributed by atoms with E-state index in [0.717, 1.165) is 30.9 Å². The van der Waals surface area contributed by atoms with Gasteiger partial charge in [-0.05, 0) is 32.4 Å². The Morgan fingerprint density at radius 3 is 2.76 bits per heavy atom. The van der Waals surface area contributed by atoms with Crippen LogP contribution in [0.5, 0.6) is 5.75 Å². The van der Waals surface area contributed by atoms with Gasteiger partial charge in [-0.15, -0.1) is 0 Å². The highest BCUT2D eigenvalue weighted by molar-refractivity contribution is 7.99. The predicted octanol–water partition coefficient (Wildman–Crippen LogP) is 3.55. The van der Waals surface area contributed by atoms with Crippen molar-refractivity contribution in [2.45, 2.75) is 44.9 Å². The number of methoxy groups -OCH3 is 1.